The maximum absolute atomic E-state index is 5.90. The molecule has 22 heavy (non-hydrogen) atoms. The quantitative estimate of drug-likeness (QED) is 0.846. The highest BCUT2D eigenvalue weighted by atomic mass is 32.1. The molecule has 1 aliphatic heterocycles. The summed E-state index contributed by atoms with van der Waals surface area (Å²) in [5.74, 6) is 1.68. The zero-order chi connectivity index (χ0) is 14.9. The average Bonchev–Trinajstić information content (AvgIpc) is 3.10. The standard InChI is InChI=1S/C15H21N5OS/c1-2-20-10-16-18-14(20)13-8-19(5-6-21-13)7-12-9-22-15(17-12)11-3-4-11/h9-11,13H,2-8H2,1H3/t13-/m0/s1. The molecule has 0 radical (unpaired) electrons. The fourth-order valence-electron chi connectivity index (χ4n) is 2.90. The first-order chi connectivity index (χ1) is 10.8. The minimum Gasteiger partial charge on any atom is -0.368 e. The summed E-state index contributed by atoms with van der Waals surface area (Å²) in [6.07, 6.45) is 4.43. The molecule has 6 nitrogen and oxygen atoms in total. The van der Waals surface area contributed by atoms with E-state index in [0.29, 0.717) is 0 Å². The summed E-state index contributed by atoms with van der Waals surface area (Å²) >= 11 is 1.82. The lowest BCUT2D eigenvalue weighted by Gasteiger charge is -2.31. The first-order valence-electron chi connectivity index (χ1n) is 7.99. The number of thiazole rings is 1. The van der Waals surface area contributed by atoms with Gasteiger partial charge in [-0.25, -0.2) is 4.98 Å². The third-order valence-electron chi connectivity index (χ3n) is 4.31. The van der Waals surface area contributed by atoms with Gasteiger partial charge in [0, 0.05) is 37.5 Å². The first-order valence-corrected chi connectivity index (χ1v) is 8.87. The minimum absolute atomic E-state index is 0.0118. The predicted octanol–water partition coefficient (Wildman–Crippen LogP) is 2.21. The highest BCUT2D eigenvalue weighted by Gasteiger charge is 2.28. The third-order valence-corrected chi connectivity index (χ3v) is 5.36. The van der Waals surface area contributed by atoms with Crippen molar-refractivity contribution in [2.75, 3.05) is 19.7 Å². The van der Waals surface area contributed by atoms with Crippen LogP contribution in [0.25, 0.3) is 0 Å². The van der Waals surface area contributed by atoms with Crippen LogP contribution in [-0.2, 0) is 17.8 Å². The molecule has 0 N–H and O–H groups in total. The second kappa shape index (κ2) is 6.06. The summed E-state index contributed by atoms with van der Waals surface area (Å²) in [7, 11) is 0. The monoisotopic (exact) mass is 319 g/mol. The van der Waals surface area contributed by atoms with Crippen molar-refractivity contribution in [3.8, 4) is 0 Å². The second-order valence-electron chi connectivity index (χ2n) is 6.02. The molecule has 118 valence electrons. The van der Waals surface area contributed by atoms with E-state index in [9.17, 15) is 0 Å². The van der Waals surface area contributed by atoms with Gasteiger partial charge in [-0.15, -0.1) is 21.5 Å². The molecule has 0 bridgehead atoms. The Morgan fingerprint density at radius 1 is 1.41 bits per heavy atom. The number of ether oxygens (including phenoxy) is 1. The smallest absolute Gasteiger partial charge is 0.163 e. The maximum atomic E-state index is 5.90. The largest absolute Gasteiger partial charge is 0.368 e. The van der Waals surface area contributed by atoms with Crippen LogP contribution in [0.5, 0.6) is 0 Å². The maximum Gasteiger partial charge on any atom is 0.163 e. The Morgan fingerprint density at radius 2 is 2.32 bits per heavy atom. The Bertz CT molecular complexity index is 635. The van der Waals surface area contributed by atoms with Crippen LogP contribution in [0.4, 0.5) is 0 Å². The van der Waals surface area contributed by atoms with E-state index >= 15 is 0 Å². The fourth-order valence-corrected chi connectivity index (χ4v) is 3.88. The van der Waals surface area contributed by atoms with Crippen LogP contribution in [0.3, 0.4) is 0 Å². The van der Waals surface area contributed by atoms with Crippen molar-refractivity contribution in [1.82, 2.24) is 24.6 Å². The van der Waals surface area contributed by atoms with Gasteiger partial charge < -0.3 is 9.30 Å². The van der Waals surface area contributed by atoms with E-state index in [-0.39, 0.29) is 6.10 Å². The van der Waals surface area contributed by atoms with E-state index < -0.39 is 0 Å². The Labute approximate surface area is 134 Å². The number of nitrogens with zero attached hydrogens (tertiary/aromatic N) is 5. The summed E-state index contributed by atoms with van der Waals surface area (Å²) < 4.78 is 7.96. The Morgan fingerprint density at radius 3 is 3.14 bits per heavy atom. The van der Waals surface area contributed by atoms with Gasteiger partial charge >= 0.3 is 0 Å². The Hall–Kier alpha value is -1.31. The van der Waals surface area contributed by atoms with Crippen LogP contribution in [0.2, 0.25) is 0 Å². The molecule has 0 unspecified atom stereocenters. The van der Waals surface area contributed by atoms with Gasteiger partial charge in [0.2, 0.25) is 0 Å². The molecule has 0 aromatic carbocycles. The van der Waals surface area contributed by atoms with E-state index in [4.69, 9.17) is 9.72 Å². The number of aromatic nitrogens is 4. The molecular formula is C15H21N5OS. The van der Waals surface area contributed by atoms with Gasteiger partial charge in [-0.3, -0.25) is 4.90 Å². The van der Waals surface area contributed by atoms with Crippen molar-refractivity contribution in [3.05, 3.63) is 28.2 Å². The summed E-state index contributed by atoms with van der Waals surface area (Å²) in [5.41, 5.74) is 1.20. The summed E-state index contributed by atoms with van der Waals surface area (Å²) in [6, 6.07) is 0. The van der Waals surface area contributed by atoms with E-state index in [2.05, 4.69) is 32.0 Å². The van der Waals surface area contributed by atoms with Crippen molar-refractivity contribution in [2.45, 2.75) is 44.9 Å². The third kappa shape index (κ3) is 2.93. The number of morpholine rings is 1. The van der Waals surface area contributed by atoms with E-state index in [1.54, 1.807) is 6.33 Å². The molecule has 2 aromatic heterocycles. The fraction of sp³-hybridized carbons (Fsp3) is 0.667. The van der Waals surface area contributed by atoms with Gasteiger partial charge in [-0.1, -0.05) is 0 Å². The zero-order valence-electron chi connectivity index (χ0n) is 12.8. The SMILES string of the molecule is CCn1cnnc1[C@@H]1CN(Cc2csc(C3CC3)n2)CCO1. The highest BCUT2D eigenvalue weighted by Crippen LogP contribution is 2.41. The van der Waals surface area contributed by atoms with E-state index in [1.165, 1.54) is 23.5 Å². The van der Waals surface area contributed by atoms with Crippen LogP contribution >= 0.6 is 11.3 Å². The van der Waals surface area contributed by atoms with Crippen LogP contribution in [-0.4, -0.2) is 44.3 Å². The van der Waals surface area contributed by atoms with Crippen LogP contribution in [0.15, 0.2) is 11.7 Å². The average molecular weight is 319 g/mol. The van der Waals surface area contributed by atoms with Gasteiger partial charge in [0.05, 0.1) is 17.3 Å². The van der Waals surface area contributed by atoms with E-state index in [1.807, 2.05) is 11.3 Å². The molecule has 1 saturated heterocycles. The molecule has 0 amide bonds. The molecule has 3 heterocycles. The van der Waals surface area contributed by atoms with Gasteiger partial charge in [-0.05, 0) is 19.8 Å². The van der Waals surface area contributed by atoms with Crippen LogP contribution < -0.4 is 0 Å². The minimum atomic E-state index is 0.0118. The van der Waals surface area contributed by atoms with Crippen molar-refractivity contribution in [2.24, 2.45) is 0 Å². The lowest BCUT2D eigenvalue weighted by Crippen LogP contribution is -2.38. The zero-order valence-corrected chi connectivity index (χ0v) is 13.6. The molecule has 1 atom stereocenters. The molecule has 7 heteroatoms. The highest BCUT2D eigenvalue weighted by molar-refractivity contribution is 7.09. The van der Waals surface area contributed by atoms with Crippen LogP contribution in [0.1, 0.15) is 48.3 Å². The molecule has 0 spiro atoms. The van der Waals surface area contributed by atoms with Crippen molar-refractivity contribution in [1.29, 1.82) is 0 Å². The van der Waals surface area contributed by atoms with Gasteiger partial charge in [0.25, 0.3) is 0 Å². The van der Waals surface area contributed by atoms with Gasteiger partial charge in [0.15, 0.2) is 5.82 Å². The van der Waals surface area contributed by atoms with Gasteiger partial charge in [-0.2, -0.15) is 0 Å². The predicted molar refractivity (Wildman–Crippen MR) is 83.8 cm³/mol. The number of rotatable bonds is 5. The van der Waals surface area contributed by atoms with Crippen molar-refractivity contribution in [3.63, 3.8) is 0 Å². The molecule has 4 rings (SSSR count). The number of hydrogen-bond donors (Lipinski definition) is 0. The number of hydrogen-bond acceptors (Lipinski definition) is 6. The van der Waals surface area contributed by atoms with Crippen molar-refractivity contribution >= 4 is 11.3 Å². The topological polar surface area (TPSA) is 56.1 Å². The lowest BCUT2D eigenvalue weighted by molar-refractivity contribution is -0.0391. The molecule has 2 aliphatic rings. The lowest BCUT2D eigenvalue weighted by atomic mass is 10.2. The molecule has 2 fully saturated rings. The van der Waals surface area contributed by atoms with Crippen LogP contribution in [0, 0.1) is 0 Å². The first kappa shape index (κ1) is 14.3. The van der Waals surface area contributed by atoms with Gasteiger partial charge in [0.1, 0.15) is 12.4 Å². The summed E-state index contributed by atoms with van der Waals surface area (Å²) in [4.78, 5) is 7.20. The normalized spacial score (nSPS) is 23.0. The molecule has 1 aliphatic carbocycles. The Kier molecular flexibility index (Phi) is 3.94. The summed E-state index contributed by atoms with van der Waals surface area (Å²) in [5, 5.41) is 11.8. The second-order valence-corrected chi connectivity index (χ2v) is 6.91. The molecular weight excluding hydrogens is 298 g/mol. The van der Waals surface area contributed by atoms with E-state index in [0.717, 1.165) is 44.5 Å². The molecule has 1 saturated carbocycles. The van der Waals surface area contributed by atoms with Crippen molar-refractivity contribution < 1.29 is 4.74 Å². The number of aryl methyl sites for hydroxylation is 1. The molecule has 2 aromatic rings. The Balaban J connectivity index is 1.41. The summed E-state index contributed by atoms with van der Waals surface area (Å²) in [6.45, 7) is 6.42.